The minimum Gasteiger partial charge on any atom is -0.303 e. The third kappa shape index (κ3) is 7.52. The van der Waals surface area contributed by atoms with Crippen molar-refractivity contribution in [3.05, 3.63) is 12.2 Å². The van der Waals surface area contributed by atoms with Gasteiger partial charge in [0, 0.05) is 5.92 Å². The number of carbonyl (C=O) groups excluding carboxylic acids is 1. The van der Waals surface area contributed by atoms with Gasteiger partial charge in [0.25, 0.3) is 0 Å². The van der Waals surface area contributed by atoms with Crippen LogP contribution in [0.5, 0.6) is 0 Å². The molecule has 0 amide bonds. The number of aldehydes is 1. The van der Waals surface area contributed by atoms with Crippen LogP contribution in [-0.2, 0) is 4.79 Å². The van der Waals surface area contributed by atoms with Crippen LogP contribution >= 0.6 is 0 Å². The van der Waals surface area contributed by atoms with Crippen molar-refractivity contribution in [3.8, 4) is 0 Å². The van der Waals surface area contributed by atoms with Crippen LogP contribution in [0.15, 0.2) is 12.2 Å². The molecule has 0 saturated heterocycles. The summed E-state index contributed by atoms with van der Waals surface area (Å²) in [6.07, 6.45) is 11.4. The number of hydrogen-bond donors (Lipinski definition) is 0. The van der Waals surface area contributed by atoms with Crippen molar-refractivity contribution in [1.29, 1.82) is 0 Å². The van der Waals surface area contributed by atoms with Gasteiger partial charge in [-0.3, -0.25) is 0 Å². The summed E-state index contributed by atoms with van der Waals surface area (Å²) in [6.45, 7) is 4.12. The van der Waals surface area contributed by atoms with Gasteiger partial charge in [-0.2, -0.15) is 0 Å². The highest BCUT2D eigenvalue weighted by Crippen LogP contribution is 2.03. The molecule has 0 aromatic rings. The zero-order valence-electron chi connectivity index (χ0n) is 8.25. The first-order valence-electron chi connectivity index (χ1n) is 4.93. The average Bonchev–Trinajstić information content (AvgIpc) is 2.10. The number of unbranched alkanes of at least 4 members (excludes halogenated alkanes) is 4. The average molecular weight is 168 g/mol. The standard InChI is InChI=1S/C11H20O/c1-3-4-5-6-7-8-9-11(2)10-12/h8-11H,3-7H2,1-2H3/b9-8+. The Morgan fingerprint density at radius 2 is 2.00 bits per heavy atom. The van der Waals surface area contributed by atoms with E-state index in [0.29, 0.717) is 0 Å². The molecule has 0 saturated carbocycles. The van der Waals surface area contributed by atoms with E-state index in [0.717, 1.165) is 12.7 Å². The van der Waals surface area contributed by atoms with E-state index in [4.69, 9.17) is 0 Å². The minimum atomic E-state index is 0.0937. The lowest BCUT2D eigenvalue weighted by Gasteiger charge is -1.95. The van der Waals surface area contributed by atoms with E-state index in [1.165, 1.54) is 25.7 Å². The highest BCUT2D eigenvalue weighted by Gasteiger charge is 1.90. The maximum atomic E-state index is 10.2. The molecular weight excluding hydrogens is 148 g/mol. The summed E-state index contributed by atoms with van der Waals surface area (Å²) in [4.78, 5) is 10.2. The molecule has 0 aromatic carbocycles. The molecular formula is C11H20O. The van der Waals surface area contributed by atoms with Gasteiger partial charge in [0.05, 0.1) is 0 Å². The lowest BCUT2D eigenvalue weighted by atomic mass is 10.1. The molecule has 12 heavy (non-hydrogen) atoms. The fraction of sp³-hybridized carbons (Fsp3) is 0.727. The Kier molecular flexibility index (Phi) is 8.09. The van der Waals surface area contributed by atoms with E-state index >= 15 is 0 Å². The molecule has 0 fully saturated rings. The maximum Gasteiger partial charge on any atom is 0.126 e. The van der Waals surface area contributed by atoms with Crippen LogP contribution in [0.2, 0.25) is 0 Å². The second-order valence-electron chi connectivity index (χ2n) is 3.27. The van der Waals surface area contributed by atoms with Gasteiger partial charge >= 0.3 is 0 Å². The molecule has 1 unspecified atom stereocenters. The predicted molar refractivity (Wildman–Crippen MR) is 53.1 cm³/mol. The topological polar surface area (TPSA) is 17.1 Å². The Labute approximate surface area is 75.9 Å². The molecule has 0 bridgehead atoms. The van der Waals surface area contributed by atoms with Crippen molar-refractivity contribution >= 4 is 6.29 Å². The maximum absolute atomic E-state index is 10.2. The third-order valence-electron chi connectivity index (χ3n) is 1.88. The van der Waals surface area contributed by atoms with Crippen LogP contribution in [0.4, 0.5) is 0 Å². The molecule has 0 spiro atoms. The predicted octanol–water partition coefficient (Wildman–Crippen LogP) is 3.35. The third-order valence-corrected chi connectivity index (χ3v) is 1.88. The second kappa shape index (κ2) is 8.51. The summed E-state index contributed by atoms with van der Waals surface area (Å²) in [6, 6.07) is 0. The smallest absolute Gasteiger partial charge is 0.126 e. The normalized spacial score (nSPS) is 13.5. The van der Waals surface area contributed by atoms with E-state index < -0.39 is 0 Å². The Morgan fingerprint density at radius 3 is 2.58 bits per heavy atom. The zero-order valence-corrected chi connectivity index (χ0v) is 8.25. The molecule has 0 aliphatic heterocycles. The van der Waals surface area contributed by atoms with Gasteiger partial charge in [-0.1, -0.05) is 45.3 Å². The van der Waals surface area contributed by atoms with Gasteiger partial charge in [-0.05, 0) is 12.8 Å². The monoisotopic (exact) mass is 168 g/mol. The first-order chi connectivity index (χ1) is 5.81. The van der Waals surface area contributed by atoms with Gasteiger partial charge in [-0.15, -0.1) is 0 Å². The lowest BCUT2D eigenvalue weighted by Crippen LogP contribution is -1.88. The zero-order chi connectivity index (χ0) is 9.23. The van der Waals surface area contributed by atoms with Crippen molar-refractivity contribution in [3.63, 3.8) is 0 Å². The fourth-order valence-electron chi connectivity index (χ4n) is 1.05. The Bertz CT molecular complexity index is 127. The molecule has 1 atom stereocenters. The minimum absolute atomic E-state index is 0.0937. The van der Waals surface area contributed by atoms with E-state index in [2.05, 4.69) is 13.0 Å². The van der Waals surface area contributed by atoms with Crippen LogP contribution in [0, 0.1) is 5.92 Å². The first-order valence-corrected chi connectivity index (χ1v) is 4.93. The molecule has 0 rings (SSSR count). The Hall–Kier alpha value is -0.590. The number of carbonyl (C=O) groups is 1. The summed E-state index contributed by atoms with van der Waals surface area (Å²) < 4.78 is 0. The largest absolute Gasteiger partial charge is 0.303 e. The fourth-order valence-corrected chi connectivity index (χ4v) is 1.05. The SMILES string of the molecule is CCCCCC/C=C/C(C)C=O. The van der Waals surface area contributed by atoms with Gasteiger partial charge in [-0.25, -0.2) is 0 Å². The quantitative estimate of drug-likeness (QED) is 0.324. The van der Waals surface area contributed by atoms with E-state index in [1.54, 1.807) is 0 Å². The van der Waals surface area contributed by atoms with Crippen molar-refractivity contribution < 1.29 is 4.79 Å². The highest BCUT2D eigenvalue weighted by molar-refractivity contribution is 5.55. The molecule has 70 valence electrons. The summed E-state index contributed by atoms with van der Waals surface area (Å²) >= 11 is 0. The number of rotatable bonds is 7. The number of hydrogen-bond acceptors (Lipinski definition) is 1. The summed E-state index contributed by atoms with van der Waals surface area (Å²) in [5.74, 6) is 0.0937. The lowest BCUT2D eigenvalue weighted by molar-refractivity contribution is -0.109. The van der Waals surface area contributed by atoms with E-state index in [9.17, 15) is 4.79 Å². The van der Waals surface area contributed by atoms with Gasteiger partial charge < -0.3 is 4.79 Å². The van der Waals surface area contributed by atoms with Crippen molar-refractivity contribution in [2.24, 2.45) is 5.92 Å². The van der Waals surface area contributed by atoms with E-state index in [1.807, 2.05) is 13.0 Å². The van der Waals surface area contributed by atoms with Crippen molar-refractivity contribution in [2.75, 3.05) is 0 Å². The molecule has 1 heteroatoms. The van der Waals surface area contributed by atoms with Crippen LogP contribution in [0.3, 0.4) is 0 Å². The molecule has 1 nitrogen and oxygen atoms in total. The Balaban J connectivity index is 3.18. The number of allylic oxidation sites excluding steroid dienone is 2. The van der Waals surface area contributed by atoms with E-state index in [-0.39, 0.29) is 5.92 Å². The highest BCUT2D eigenvalue weighted by atomic mass is 16.1. The van der Waals surface area contributed by atoms with Crippen molar-refractivity contribution in [2.45, 2.75) is 46.0 Å². The van der Waals surface area contributed by atoms with Crippen molar-refractivity contribution in [1.82, 2.24) is 0 Å². The second-order valence-corrected chi connectivity index (χ2v) is 3.27. The summed E-state index contributed by atoms with van der Waals surface area (Å²) in [5.41, 5.74) is 0. The van der Waals surface area contributed by atoms with Gasteiger partial charge in [0.2, 0.25) is 0 Å². The summed E-state index contributed by atoms with van der Waals surface area (Å²) in [5, 5.41) is 0. The molecule has 0 aliphatic carbocycles. The molecule has 0 radical (unpaired) electrons. The van der Waals surface area contributed by atoms with Crippen LogP contribution in [0.1, 0.15) is 46.0 Å². The van der Waals surface area contributed by atoms with Gasteiger partial charge in [0.1, 0.15) is 6.29 Å². The van der Waals surface area contributed by atoms with Crippen LogP contribution in [0.25, 0.3) is 0 Å². The molecule has 0 aliphatic rings. The van der Waals surface area contributed by atoms with Crippen LogP contribution in [-0.4, -0.2) is 6.29 Å². The molecule has 0 N–H and O–H groups in total. The summed E-state index contributed by atoms with van der Waals surface area (Å²) in [7, 11) is 0. The molecule has 0 aromatic heterocycles. The Morgan fingerprint density at radius 1 is 1.25 bits per heavy atom. The molecule has 0 heterocycles. The first kappa shape index (κ1) is 11.4. The van der Waals surface area contributed by atoms with Crippen LogP contribution < -0.4 is 0 Å². The van der Waals surface area contributed by atoms with Gasteiger partial charge in [0.15, 0.2) is 0 Å².